The first-order valence-corrected chi connectivity index (χ1v) is 6.95. The summed E-state index contributed by atoms with van der Waals surface area (Å²) in [6.07, 6.45) is 2.96. The number of fused-ring (bicyclic) bond motifs is 3. The molecule has 102 valence electrons. The molecule has 3 heteroatoms. The molecular weight excluding hydrogens is 260 g/mol. The van der Waals surface area contributed by atoms with E-state index < -0.39 is 0 Å². The maximum atomic E-state index is 11.0. The van der Waals surface area contributed by atoms with Gasteiger partial charge in [-0.3, -0.25) is 4.79 Å². The van der Waals surface area contributed by atoms with E-state index in [9.17, 15) is 4.79 Å². The summed E-state index contributed by atoms with van der Waals surface area (Å²) < 4.78 is 2.20. The fraction of sp³-hybridized carbons (Fsp3) is 0.0556. The van der Waals surface area contributed by atoms with Crippen LogP contribution in [0.15, 0.2) is 66.9 Å². The average Bonchev–Trinajstić information content (AvgIpc) is 3.04. The van der Waals surface area contributed by atoms with Crippen molar-refractivity contribution in [3.8, 4) is 5.69 Å². The molecule has 2 aromatic carbocycles. The van der Waals surface area contributed by atoms with Crippen molar-refractivity contribution in [2.45, 2.75) is 6.04 Å². The van der Waals surface area contributed by atoms with Gasteiger partial charge < -0.3 is 9.88 Å². The van der Waals surface area contributed by atoms with E-state index in [2.05, 4.69) is 46.4 Å². The number of carbonyl (C=O) groups excluding carboxylic acids is 1. The van der Waals surface area contributed by atoms with Gasteiger partial charge in [0.25, 0.3) is 0 Å². The minimum absolute atomic E-state index is 0.0507. The summed E-state index contributed by atoms with van der Waals surface area (Å²) in [6, 6.07) is 20.2. The number of rotatable bonds is 2. The van der Waals surface area contributed by atoms with Crippen molar-refractivity contribution in [1.29, 1.82) is 0 Å². The zero-order valence-corrected chi connectivity index (χ0v) is 11.4. The summed E-state index contributed by atoms with van der Waals surface area (Å²) in [6.45, 7) is 0. The van der Waals surface area contributed by atoms with Gasteiger partial charge in [0.2, 0.25) is 0 Å². The van der Waals surface area contributed by atoms with Crippen molar-refractivity contribution in [2.24, 2.45) is 0 Å². The van der Waals surface area contributed by atoms with E-state index in [0.717, 1.165) is 23.2 Å². The Bertz CT molecular complexity index is 819. The van der Waals surface area contributed by atoms with Crippen LogP contribution in [0.2, 0.25) is 0 Å². The highest BCUT2D eigenvalue weighted by atomic mass is 16.1. The highest BCUT2D eigenvalue weighted by molar-refractivity contribution is 5.75. The van der Waals surface area contributed by atoms with E-state index in [1.54, 1.807) is 0 Å². The number of hydrogen-bond donors (Lipinski definition) is 1. The molecule has 0 amide bonds. The Hall–Kier alpha value is -2.81. The zero-order valence-electron chi connectivity index (χ0n) is 11.4. The number of nitrogens with one attached hydrogen (secondary N) is 1. The molecule has 0 bridgehead atoms. The monoisotopic (exact) mass is 274 g/mol. The SMILES string of the molecule is O=Cc1cccc(C2Nc3ccccc3-n3cccc32)c1. The largest absolute Gasteiger partial charge is 0.371 e. The molecule has 0 fully saturated rings. The fourth-order valence-electron chi connectivity index (χ4n) is 2.95. The lowest BCUT2D eigenvalue weighted by molar-refractivity contribution is 0.112. The van der Waals surface area contributed by atoms with Crippen molar-refractivity contribution >= 4 is 12.0 Å². The third-order valence-corrected chi connectivity index (χ3v) is 3.92. The van der Waals surface area contributed by atoms with Crippen LogP contribution in [-0.4, -0.2) is 10.9 Å². The molecule has 1 aliphatic rings. The summed E-state index contributed by atoms with van der Waals surface area (Å²) in [5.74, 6) is 0. The molecule has 1 aromatic heterocycles. The quantitative estimate of drug-likeness (QED) is 0.721. The van der Waals surface area contributed by atoms with E-state index in [0.29, 0.717) is 5.56 Å². The number of carbonyl (C=O) groups is 1. The normalized spacial score (nSPS) is 15.7. The maximum Gasteiger partial charge on any atom is 0.150 e. The molecule has 1 atom stereocenters. The Labute approximate surface area is 122 Å². The lowest BCUT2D eigenvalue weighted by Gasteiger charge is -2.29. The number of aromatic nitrogens is 1. The van der Waals surface area contributed by atoms with E-state index in [1.807, 2.05) is 30.3 Å². The van der Waals surface area contributed by atoms with Gasteiger partial charge in [-0.15, -0.1) is 0 Å². The van der Waals surface area contributed by atoms with Gasteiger partial charge in [-0.25, -0.2) is 0 Å². The molecule has 0 radical (unpaired) electrons. The highest BCUT2D eigenvalue weighted by Crippen LogP contribution is 2.36. The van der Waals surface area contributed by atoms with Crippen LogP contribution in [0.1, 0.15) is 27.7 Å². The predicted octanol–water partition coefficient (Wildman–Crippen LogP) is 3.80. The summed E-state index contributed by atoms with van der Waals surface area (Å²) in [5.41, 5.74) is 5.22. The van der Waals surface area contributed by atoms with Crippen molar-refractivity contribution in [2.75, 3.05) is 5.32 Å². The van der Waals surface area contributed by atoms with Crippen LogP contribution in [0.25, 0.3) is 5.69 Å². The summed E-state index contributed by atoms with van der Waals surface area (Å²) in [4.78, 5) is 11.0. The van der Waals surface area contributed by atoms with Crippen molar-refractivity contribution in [3.05, 3.63) is 83.7 Å². The lowest BCUT2D eigenvalue weighted by Crippen LogP contribution is -2.22. The second kappa shape index (κ2) is 4.63. The summed E-state index contributed by atoms with van der Waals surface area (Å²) >= 11 is 0. The number of anilines is 1. The molecule has 0 saturated heterocycles. The number of nitrogens with zero attached hydrogens (tertiary/aromatic N) is 1. The molecule has 21 heavy (non-hydrogen) atoms. The molecule has 0 saturated carbocycles. The molecular formula is C18H14N2O. The Morgan fingerprint density at radius 2 is 1.90 bits per heavy atom. The molecule has 1 N–H and O–H groups in total. The fourth-order valence-corrected chi connectivity index (χ4v) is 2.95. The van der Waals surface area contributed by atoms with Crippen LogP contribution >= 0.6 is 0 Å². The molecule has 2 heterocycles. The van der Waals surface area contributed by atoms with Gasteiger partial charge in [-0.05, 0) is 35.9 Å². The standard InChI is InChI=1S/C18H14N2O/c21-12-13-5-3-6-14(11-13)18-17-9-4-10-20(17)16-8-2-1-7-15(16)19-18/h1-12,18-19H. The van der Waals surface area contributed by atoms with E-state index in [4.69, 9.17) is 0 Å². The first kappa shape index (κ1) is 12.0. The van der Waals surface area contributed by atoms with Gasteiger partial charge >= 0.3 is 0 Å². The Balaban J connectivity index is 1.87. The van der Waals surface area contributed by atoms with Gasteiger partial charge in [0.1, 0.15) is 6.29 Å². The molecule has 3 aromatic rings. The Morgan fingerprint density at radius 1 is 1.00 bits per heavy atom. The molecule has 4 rings (SSSR count). The van der Waals surface area contributed by atoms with Crippen molar-refractivity contribution < 1.29 is 4.79 Å². The van der Waals surface area contributed by atoms with E-state index in [-0.39, 0.29) is 6.04 Å². The van der Waals surface area contributed by atoms with Crippen molar-refractivity contribution in [3.63, 3.8) is 0 Å². The van der Waals surface area contributed by atoms with Crippen LogP contribution in [0.3, 0.4) is 0 Å². The minimum Gasteiger partial charge on any atom is -0.371 e. The second-order valence-corrected chi connectivity index (χ2v) is 5.19. The molecule has 0 aliphatic carbocycles. The van der Waals surface area contributed by atoms with Gasteiger partial charge in [-0.2, -0.15) is 0 Å². The number of aldehydes is 1. The first-order chi connectivity index (χ1) is 10.4. The highest BCUT2D eigenvalue weighted by Gasteiger charge is 2.24. The second-order valence-electron chi connectivity index (χ2n) is 5.19. The summed E-state index contributed by atoms with van der Waals surface area (Å²) in [7, 11) is 0. The maximum absolute atomic E-state index is 11.0. The van der Waals surface area contributed by atoms with Gasteiger partial charge in [-0.1, -0.05) is 30.3 Å². The predicted molar refractivity (Wildman–Crippen MR) is 83.1 cm³/mol. The van der Waals surface area contributed by atoms with Crippen LogP contribution in [-0.2, 0) is 0 Å². The molecule has 1 aliphatic heterocycles. The Morgan fingerprint density at radius 3 is 2.81 bits per heavy atom. The molecule has 3 nitrogen and oxygen atoms in total. The van der Waals surface area contributed by atoms with Crippen LogP contribution in [0.4, 0.5) is 5.69 Å². The molecule has 1 unspecified atom stereocenters. The minimum atomic E-state index is 0.0507. The van der Waals surface area contributed by atoms with Crippen molar-refractivity contribution in [1.82, 2.24) is 4.57 Å². The first-order valence-electron chi connectivity index (χ1n) is 6.95. The van der Waals surface area contributed by atoms with Crippen LogP contribution in [0, 0.1) is 0 Å². The van der Waals surface area contributed by atoms with Crippen LogP contribution < -0.4 is 5.32 Å². The smallest absolute Gasteiger partial charge is 0.150 e. The Kier molecular flexibility index (Phi) is 2.64. The third-order valence-electron chi connectivity index (χ3n) is 3.92. The van der Waals surface area contributed by atoms with Gasteiger partial charge in [0.05, 0.1) is 17.4 Å². The average molecular weight is 274 g/mol. The van der Waals surface area contributed by atoms with E-state index >= 15 is 0 Å². The number of para-hydroxylation sites is 2. The van der Waals surface area contributed by atoms with Gasteiger partial charge in [0, 0.05) is 17.5 Å². The van der Waals surface area contributed by atoms with Gasteiger partial charge in [0.15, 0.2) is 0 Å². The zero-order chi connectivity index (χ0) is 14.2. The topological polar surface area (TPSA) is 34.0 Å². The third kappa shape index (κ3) is 1.86. The lowest BCUT2D eigenvalue weighted by atomic mass is 9.99. The number of hydrogen-bond acceptors (Lipinski definition) is 2. The summed E-state index contributed by atoms with van der Waals surface area (Å²) in [5, 5.41) is 3.57. The van der Waals surface area contributed by atoms with Crippen LogP contribution in [0.5, 0.6) is 0 Å². The number of benzene rings is 2. The molecule has 0 spiro atoms. The van der Waals surface area contributed by atoms with E-state index in [1.165, 1.54) is 5.69 Å².